The summed E-state index contributed by atoms with van der Waals surface area (Å²) in [5.74, 6) is 0.134. The maximum atomic E-state index is 12.1. The molecular weight excluding hydrogens is 326 g/mol. The number of aromatic nitrogens is 2. The summed E-state index contributed by atoms with van der Waals surface area (Å²) >= 11 is 5.87. The molecule has 2 atom stereocenters. The maximum absolute atomic E-state index is 12.1. The molecule has 1 aromatic heterocycles. The van der Waals surface area contributed by atoms with Gasteiger partial charge < -0.3 is 10.4 Å². The predicted molar refractivity (Wildman–Crippen MR) is 94.7 cm³/mol. The number of nitrogens with one attached hydrogen (secondary N) is 1. The Bertz CT molecular complexity index is 680. The zero-order valence-electron chi connectivity index (χ0n) is 14.3. The van der Waals surface area contributed by atoms with E-state index in [9.17, 15) is 9.90 Å². The Morgan fingerprint density at radius 2 is 2.08 bits per heavy atom. The SMILES string of the molecule is CC(CC(=O)NCC(C)(O)c1cnn(C)c1)Cc1ccc(Cl)cc1. The van der Waals surface area contributed by atoms with Gasteiger partial charge in [0.1, 0.15) is 5.60 Å². The van der Waals surface area contributed by atoms with Crippen molar-refractivity contribution in [1.29, 1.82) is 0 Å². The van der Waals surface area contributed by atoms with Crippen LogP contribution in [-0.4, -0.2) is 27.3 Å². The van der Waals surface area contributed by atoms with E-state index in [4.69, 9.17) is 11.6 Å². The molecule has 6 heteroatoms. The van der Waals surface area contributed by atoms with E-state index in [1.165, 1.54) is 0 Å². The molecule has 5 nitrogen and oxygen atoms in total. The highest BCUT2D eigenvalue weighted by Crippen LogP contribution is 2.19. The third-order valence-corrected chi connectivity index (χ3v) is 4.24. The van der Waals surface area contributed by atoms with Crippen LogP contribution in [0.4, 0.5) is 0 Å². The topological polar surface area (TPSA) is 67.2 Å². The lowest BCUT2D eigenvalue weighted by atomic mass is 9.97. The lowest BCUT2D eigenvalue weighted by Gasteiger charge is -2.22. The molecule has 130 valence electrons. The van der Waals surface area contributed by atoms with E-state index >= 15 is 0 Å². The molecule has 0 saturated heterocycles. The van der Waals surface area contributed by atoms with E-state index in [1.807, 2.05) is 31.2 Å². The number of carbonyl (C=O) groups excluding carboxylic acids is 1. The first kappa shape index (κ1) is 18.5. The molecule has 2 aromatic rings. The van der Waals surface area contributed by atoms with Gasteiger partial charge in [0.25, 0.3) is 0 Å². The number of aliphatic hydroxyl groups is 1. The first-order chi connectivity index (χ1) is 11.3. The van der Waals surface area contributed by atoms with Crippen LogP contribution < -0.4 is 5.32 Å². The summed E-state index contributed by atoms with van der Waals surface area (Å²) in [5.41, 5.74) is 0.699. The molecule has 0 radical (unpaired) electrons. The fourth-order valence-corrected chi connectivity index (χ4v) is 2.68. The maximum Gasteiger partial charge on any atom is 0.220 e. The summed E-state index contributed by atoms with van der Waals surface area (Å²) in [6.45, 7) is 3.86. The van der Waals surface area contributed by atoms with E-state index in [0.717, 1.165) is 12.0 Å². The van der Waals surface area contributed by atoms with Gasteiger partial charge in [-0.05, 0) is 37.0 Å². The number of hydrogen-bond acceptors (Lipinski definition) is 3. The standard InChI is InChI=1S/C18H24ClN3O2/c1-13(8-14-4-6-16(19)7-5-14)9-17(23)20-12-18(2,24)15-10-21-22(3)11-15/h4-7,10-11,13,24H,8-9,12H2,1-3H3,(H,20,23). The van der Waals surface area contributed by atoms with Crippen molar-refractivity contribution in [2.24, 2.45) is 13.0 Å². The predicted octanol–water partition coefficient (Wildman–Crippen LogP) is 2.67. The van der Waals surface area contributed by atoms with Gasteiger partial charge in [0.15, 0.2) is 0 Å². The van der Waals surface area contributed by atoms with E-state index in [1.54, 1.807) is 31.0 Å². The summed E-state index contributed by atoms with van der Waals surface area (Å²) < 4.78 is 1.62. The van der Waals surface area contributed by atoms with Gasteiger partial charge in [-0.15, -0.1) is 0 Å². The summed E-state index contributed by atoms with van der Waals surface area (Å²) in [7, 11) is 1.79. The third kappa shape index (κ3) is 5.35. The second kappa shape index (κ2) is 7.81. The average molecular weight is 350 g/mol. The van der Waals surface area contributed by atoms with Crippen LogP contribution in [0.25, 0.3) is 0 Å². The van der Waals surface area contributed by atoms with Crippen molar-refractivity contribution in [3.8, 4) is 0 Å². The zero-order valence-corrected chi connectivity index (χ0v) is 15.0. The minimum Gasteiger partial charge on any atom is -0.383 e. The van der Waals surface area contributed by atoms with E-state index < -0.39 is 5.60 Å². The quantitative estimate of drug-likeness (QED) is 0.807. The molecule has 0 bridgehead atoms. The van der Waals surface area contributed by atoms with Crippen LogP contribution in [0.5, 0.6) is 0 Å². The summed E-state index contributed by atoms with van der Waals surface area (Å²) in [6, 6.07) is 7.66. The van der Waals surface area contributed by atoms with E-state index in [0.29, 0.717) is 17.0 Å². The number of rotatable bonds is 7. The molecule has 1 heterocycles. The van der Waals surface area contributed by atoms with Crippen LogP contribution in [0.2, 0.25) is 5.02 Å². The minimum atomic E-state index is -1.14. The molecular formula is C18H24ClN3O2. The van der Waals surface area contributed by atoms with Gasteiger partial charge in [-0.1, -0.05) is 30.7 Å². The summed E-state index contributed by atoms with van der Waals surface area (Å²) in [5, 5.41) is 18.0. The van der Waals surface area contributed by atoms with E-state index in [2.05, 4.69) is 10.4 Å². The molecule has 2 unspecified atom stereocenters. The van der Waals surface area contributed by atoms with Gasteiger partial charge in [-0.2, -0.15) is 5.10 Å². The largest absolute Gasteiger partial charge is 0.383 e. The Morgan fingerprint density at radius 3 is 2.67 bits per heavy atom. The molecule has 0 fully saturated rings. The van der Waals surface area contributed by atoms with Crippen molar-refractivity contribution in [2.45, 2.75) is 32.3 Å². The Morgan fingerprint density at radius 1 is 1.42 bits per heavy atom. The van der Waals surface area contributed by atoms with Crippen LogP contribution in [-0.2, 0) is 23.9 Å². The van der Waals surface area contributed by atoms with Gasteiger partial charge in [0.05, 0.1) is 12.7 Å². The first-order valence-corrected chi connectivity index (χ1v) is 8.37. The highest BCUT2D eigenvalue weighted by molar-refractivity contribution is 6.30. The van der Waals surface area contributed by atoms with Gasteiger partial charge >= 0.3 is 0 Å². The van der Waals surface area contributed by atoms with Crippen molar-refractivity contribution in [3.05, 3.63) is 52.8 Å². The first-order valence-electron chi connectivity index (χ1n) is 7.99. The van der Waals surface area contributed by atoms with Crippen molar-refractivity contribution in [3.63, 3.8) is 0 Å². The second-order valence-corrected chi connectivity index (χ2v) is 7.03. The molecule has 0 aliphatic rings. The number of amides is 1. The fraction of sp³-hybridized carbons (Fsp3) is 0.444. The van der Waals surface area contributed by atoms with Crippen LogP contribution >= 0.6 is 11.6 Å². The molecule has 1 aromatic carbocycles. The Kier molecular flexibility index (Phi) is 6.02. The molecule has 24 heavy (non-hydrogen) atoms. The number of benzene rings is 1. The Balaban J connectivity index is 1.81. The van der Waals surface area contributed by atoms with Crippen LogP contribution in [0, 0.1) is 5.92 Å². The van der Waals surface area contributed by atoms with Crippen molar-refractivity contribution < 1.29 is 9.90 Å². The highest BCUT2D eigenvalue weighted by atomic mass is 35.5. The summed E-state index contributed by atoms with van der Waals surface area (Å²) in [6.07, 6.45) is 4.57. The van der Waals surface area contributed by atoms with Crippen molar-refractivity contribution >= 4 is 17.5 Å². The van der Waals surface area contributed by atoms with Crippen molar-refractivity contribution in [1.82, 2.24) is 15.1 Å². The van der Waals surface area contributed by atoms with Gasteiger partial charge in [0, 0.05) is 30.3 Å². The van der Waals surface area contributed by atoms with Crippen LogP contribution in [0.15, 0.2) is 36.7 Å². The van der Waals surface area contributed by atoms with Gasteiger partial charge in [0.2, 0.25) is 5.91 Å². The average Bonchev–Trinajstić information content (AvgIpc) is 2.95. The molecule has 2 N–H and O–H groups in total. The van der Waals surface area contributed by atoms with Crippen LogP contribution in [0.3, 0.4) is 0 Å². The highest BCUT2D eigenvalue weighted by Gasteiger charge is 2.25. The molecule has 0 aliphatic heterocycles. The minimum absolute atomic E-state index is 0.0689. The number of nitrogens with zero attached hydrogens (tertiary/aromatic N) is 2. The van der Waals surface area contributed by atoms with E-state index in [-0.39, 0.29) is 18.4 Å². The monoisotopic (exact) mass is 349 g/mol. The Labute approximate surface area is 147 Å². The lowest BCUT2D eigenvalue weighted by Crippen LogP contribution is -2.39. The third-order valence-electron chi connectivity index (χ3n) is 3.99. The molecule has 0 aliphatic carbocycles. The molecule has 0 spiro atoms. The van der Waals surface area contributed by atoms with Crippen molar-refractivity contribution in [2.75, 3.05) is 6.54 Å². The number of halogens is 1. The number of hydrogen-bond donors (Lipinski definition) is 2. The van der Waals surface area contributed by atoms with Crippen LogP contribution in [0.1, 0.15) is 31.4 Å². The lowest BCUT2D eigenvalue weighted by molar-refractivity contribution is -0.123. The molecule has 1 amide bonds. The second-order valence-electron chi connectivity index (χ2n) is 6.59. The molecule has 2 rings (SSSR count). The molecule has 0 saturated carbocycles. The fourth-order valence-electron chi connectivity index (χ4n) is 2.56. The Hall–Kier alpha value is -1.85. The number of aryl methyl sites for hydroxylation is 1. The number of carbonyl (C=O) groups is 1. The van der Waals surface area contributed by atoms with Gasteiger partial charge in [-0.25, -0.2) is 0 Å². The summed E-state index contributed by atoms with van der Waals surface area (Å²) in [4.78, 5) is 12.1. The normalized spacial score (nSPS) is 14.9. The van der Waals surface area contributed by atoms with Gasteiger partial charge in [-0.3, -0.25) is 9.48 Å². The smallest absolute Gasteiger partial charge is 0.220 e. The zero-order chi connectivity index (χ0) is 17.7.